The number of rotatable bonds is 21. The van der Waals surface area contributed by atoms with Gasteiger partial charge in [0.2, 0.25) is 0 Å². The maximum Gasteiger partial charge on any atom is 0.0701 e. The molecule has 1 rings (SSSR count). The Morgan fingerprint density at radius 3 is 1.50 bits per heavy atom. The third kappa shape index (κ3) is 17.9. The van der Waals surface area contributed by atoms with Crippen LogP contribution in [0.2, 0.25) is 0 Å². The molecule has 0 N–H and O–H groups in total. The second kappa shape index (κ2) is 21.6. The van der Waals surface area contributed by atoms with E-state index < -0.39 is 0 Å². The van der Waals surface area contributed by atoms with Crippen molar-refractivity contribution in [3.8, 4) is 0 Å². The normalized spacial score (nSPS) is 15.3. The molecular weight excluding hydrogens is 346 g/mol. The van der Waals surface area contributed by atoms with Gasteiger partial charge in [-0.3, -0.25) is 0 Å². The molecule has 0 radical (unpaired) electrons. The molecule has 1 aliphatic rings. The molecular formula is C25H51NO2. The van der Waals surface area contributed by atoms with Gasteiger partial charge < -0.3 is 14.4 Å². The van der Waals surface area contributed by atoms with E-state index in [9.17, 15) is 0 Å². The molecule has 1 fully saturated rings. The van der Waals surface area contributed by atoms with Gasteiger partial charge in [-0.15, -0.1) is 0 Å². The molecule has 3 heteroatoms. The summed E-state index contributed by atoms with van der Waals surface area (Å²) in [6.45, 7) is 9.21. The van der Waals surface area contributed by atoms with Crippen molar-refractivity contribution in [2.24, 2.45) is 0 Å². The minimum atomic E-state index is 0.756. The first-order valence-electron chi connectivity index (χ1n) is 12.8. The van der Waals surface area contributed by atoms with Gasteiger partial charge in [0.15, 0.2) is 0 Å². The summed E-state index contributed by atoms with van der Waals surface area (Å²) in [6, 6.07) is 0. The third-order valence-electron chi connectivity index (χ3n) is 6.01. The molecule has 0 spiro atoms. The maximum absolute atomic E-state index is 5.69. The van der Waals surface area contributed by atoms with Crippen LogP contribution in [0.15, 0.2) is 0 Å². The molecule has 28 heavy (non-hydrogen) atoms. The fraction of sp³-hybridized carbons (Fsp3) is 1.00. The summed E-state index contributed by atoms with van der Waals surface area (Å²) in [5, 5.41) is 0. The molecule has 0 saturated carbocycles. The van der Waals surface area contributed by atoms with Crippen molar-refractivity contribution >= 4 is 0 Å². The summed E-state index contributed by atoms with van der Waals surface area (Å²) in [4.78, 5) is 2.53. The molecule has 3 nitrogen and oxygen atoms in total. The summed E-state index contributed by atoms with van der Waals surface area (Å²) in [6.07, 6.45) is 23.9. The van der Waals surface area contributed by atoms with E-state index in [1.54, 1.807) is 0 Å². The Labute approximate surface area is 176 Å². The molecule has 1 saturated heterocycles. The lowest BCUT2D eigenvalue weighted by molar-refractivity contribution is 0.0355. The Morgan fingerprint density at radius 1 is 0.500 bits per heavy atom. The predicted octanol–water partition coefficient (Wildman–Crippen LogP) is 6.99. The van der Waals surface area contributed by atoms with Gasteiger partial charge in [-0.2, -0.15) is 0 Å². The van der Waals surface area contributed by atoms with Crippen molar-refractivity contribution in [2.45, 2.75) is 116 Å². The first kappa shape index (κ1) is 25.9. The lowest BCUT2D eigenvalue weighted by Crippen LogP contribution is -2.32. The van der Waals surface area contributed by atoms with E-state index >= 15 is 0 Å². The van der Waals surface area contributed by atoms with Gasteiger partial charge in [0.05, 0.1) is 19.8 Å². The molecule has 1 aliphatic heterocycles. The largest absolute Gasteiger partial charge is 0.379 e. The predicted molar refractivity (Wildman–Crippen MR) is 122 cm³/mol. The molecule has 1 heterocycles. The minimum absolute atomic E-state index is 0.756. The van der Waals surface area contributed by atoms with Crippen LogP contribution in [0.3, 0.4) is 0 Å². The molecule has 0 bridgehead atoms. The van der Waals surface area contributed by atoms with Crippen molar-refractivity contribution < 1.29 is 9.47 Å². The van der Waals surface area contributed by atoms with Crippen molar-refractivity contribution in [3.05, 3.63) is 0 Å². The van der Waals surface area contributed by atoms with E-state index in [-0.39, 0.29) is 0 Å². The zero-order valence-electron chi connectivity index (χ0n) is 19.2. The summed E-state index contributed by atoms with van der Waals surface area (Å²) < 4.78 is 11.4. The number of piperidine rings is 1. The monoisotopic (exact) mass is 397 g/mol. The van der Waals surface area contributed by atoms with Gasteiger partial charge in [0, 0.05) is 13.2 Å². The zero-order valence-corrected chi connectivity index (χ0v) is 19.2. The molecule has 168 valence electrons. The second-order valence-electron chi connectivity index (χ2n) is 8.72. The first-order valence-corrected chi connectivity index (χ1v) is 12.8. The van der Waals surface area contributed by atoms with Gasteiger partial charge in [-0.25, -0.2) is 0 Å². The number of hydrogen-bond donors (Lipinski definition) is 0. The van der Waals surface area contributed by atoms with E-state index in [2.05, 4.69) is 11.8 Å². The van der Waals surface area contributed by atoms with E-state index in [1.807, 2.05) is 0 Å². The van der Waals surface area contributed by atoms with Crippen LogP contribution >= 0.6 is 0 Å². The second-order valence-corrected chi connectivity index (χ2v) is 8.72. The quantitative estimate of drug-likeness (QED) is 0.195. The number of nitrogens with zero attached hydrogens (tertiary/aromatic N) is 1. The van der Waals surface area contributed by atoms with Crippen LogP contribution in [0.5, 0.6) is 0 Å². The molecule has 0 aromatic carbocycles. The van der Waals surface area contributed by atoms with Crippen LogP contribution < -0.4 is 0 Å². The van der Waals surface area contributed by atoms with E-state index in [0.717, 1.165) is 33.0 Å². The molecule has 0 aromatic heterocycles. The van der Waals surface area contributed by atoms with Crippen LogP contribution in [0.4, 0.5) is 0 Å². The van der Waals surface area contributed by atoms with Gasteiger partial charge in [0.25, 0.3) is 0 Å². The Morgan fingerprint density at radius 2 is 0.964 bits per heavy atom. The Bertz CT molecular complexity index is 292. The van der Waals surface area contributed by atoms with Crippen LogP contribution in [0.25, 0.3) is 0 Å². The van der Waals surface area contributed by atoms with E-state index in [4.69, 9.17) is 9.47 Å². The van der Waals surface area contributed by atoms with Gasteiger partial charge in [-0.1, -0.05) is 96.8 Å². The first-order chi connectivity index (χ1) is 13.9. The van der Waals surface area contributed by atoms with Crippen molar-refractivity contribution in [2.75, 3.05) is 46.1 Å². The molecule has 0 unspecified atom stereocenters. The van der Waals surface area contributed by atoms with E-state index in [0.29, 0.717) is 0 Å². The standard InChI is InChI=1S/C25H51NO2/c1-2-3-4-5-6-7-8-9-10-11-12-13-14-18-22-27-24-25-28-23-21-26-19-16-15-17-20-26/h2-25H2,1H3. The number of hydrogen-bond acceptors (Lipinski definition) is 3. The Balaban J connectivity index is 1.64. The number of unbranched alkanes of at least 4 members (excludes halogenated alkanes) is 13. The Hall–Kier alpha value is -0.120. The highest BCUT2D eigenvalue weighted by molar-refractivity contribution is 4.63. The highest BCUT2D eigenvalue weighted by Crippen LogP contribution is 2.13. The SMILES string of the molecule is CCCCCCCCCCCCCCCCOCCOCCN1CCCCC1. The van der Waals surface area contributed by atoms with Crippen LogP contribution in [-0.2, 0) is 9.47 Å². The highest BCUT2D eigenvalue weighted by Gasteiger charge is 2.08. The van der Waals surface area contributed by atoms with Crippen LogP contribution in [0, 0.1) is 0 Å². The number of ether oxygens (including phenoxy) is 2. The fourth-order valence-electron chi connectivity index (χ4n) is 4.10. The molecule has 0 amide bonds. The fourth-order valence-corrected chi connectivity index (χ4v) is 4.10. The van der Waals surface area contributed by atoms with Crippen molar-refractivity contribution in [1.82, 2.24) is 4.90 Å². The van der Waals surface area contributed by atoms with Crippen LogP contribution in [0.1, 0.15) is 116 Å². The summed E-state index contributed by atoms with van der Waals surface area (Å²) in [7, 11) is 0. The summed E-state index contributed by atoms with van der Waals surface area (Å²) >= 11 is 0. The van der Waals surface area contributed by atoms with Crippen molar-refractivity contribution in [3.63, 3.8) is 0 Å². The summed E-state index contributed by atoms with van der Waals surface area (Å²) in [5.41, 5.74) is 0. The average Bonchev–Trinajstić information content (AvgIpc) is 2.73. The molecule has 0 aromatic rings. The van der Waals surface area contributed by atoms with Crippen molar-refractivity contribution in [1.29, 1.82) is 0 Å². The molecule has 0 aliphatic carbocycles. The number of likely N-dealkylation sites (tertiary alicyclic amines) is 1. The smallest absolute Gasteiger partial charge is 0.0701 e. The lowest BCUT2D eigenvalue weighted by atomic mass is 10.0. The van der Waals surface area contributed by atoms with Crippen LogP contribution in [-0.4, -0.2) is 51.0 Å². The highest BCUT2D eigenvalue weighted by atomic mass is 16.5. The average molecular weight is 398 g/mol. The Kier molecular flexibility index (Phi) is 20.0. The van der Waals surface area contributed by atoms with Gasteiger partial charge in [-0.05, 0) is 32.4 Å². The topological polar surface area (TPSA) is 21.7 Å². The molecule has 0 atom stereocenters. The zero-order chi connectivity index (χ0) is 20.0. The van der Waals surface area contributed by atoms with Gasteiger partial charge >= 0.3 is 0 Å². The minimum Gasteiger partial charge on any atom is -0.379 e. The summed E-state index contributed by atoms with van der Waals surface area (Å²) in [5.74, 6) is 0. The third-order valence-corrected chi connectivity index (χ3v) is 6.01. The van der Waals surface area contributed by atoms with E-state index in [1.165, 1.54) is 122 Å². The van der Waals surface area contributed by atoms with Gasteiger partial charge in [0.1, 0.15) is 0 Å². The lowest BCUT2D eigenvalue weighted by Gasteiger charge is -2.26. The maximum atomic E-state index is 5.69.